The molecule has 0 saturated carbocycles. The lowest BCUT2D eigenvalue weighted by Crippen LogP contribution is -2.50. The molecule has 7 heteroatoms. The lowest BCUT2D eigenvalue weighted by molar-refractivity contribution is 0.0593. The van der Waals surface area contributed by atoms with E-state index in [0.29, 0.717) is 26.2 Å². The van der Waals surface area contributed by atoms with Crippen molar-refractivity contribution in [1.82, 2.24) is 9.80 Å². The summed E-state index contributed by atoms with van der Waals surface area (Å²) >= 11 is 0. The molecule has 0 unspecified atom stereocenters. The maximum Gasteiger partial charge on any atom is 0.295 e. The van der Waals surface area contributed by atoms with Crippen molar-refractivity contribution in [2.45, 2.75) is 10.9 Å². The van der Waals surface area contributed by atoms with E-state index in [1.807, 2.05) is 36.4 Å². The number of carbonyl (C=O) groups excluding carboxylic acids is 1. The summed E-state index contributed by atoms with van der Waals surface area (Å²) in [6.07, 6.45) is 0. The second-order valence-electron chi connectivity index (χ2n) is 7.52. The maximum atomic E-state index is 13.0. The molecule has 0 spiro atoms. The van der Waals surface area contributed by atoms with E-state index in [4.69, 9.17) is 0 Å². The fraction of sp³-hybridized carbons (Fsp3) is 0.208. The average molecular weight is 437 g/mol. The standard InChI is InChI=1S/C24H24N2O4S/c27-24(21-13-7-8-14-22(21)31(28,29)30)26-17-15-25(16-18-26)23(19-9-3-1-4-10-19)20-11-5-2-6-12-20/h1-14,23H,15-18H2,(H,28,29,30). The van der Waals surface area contributed by atoms with Crippen molar-refractivity contribution in [2.24, 2.45) is 0 Å². The summed E-state index contributed by atoms with van der Waals surface area (Å²) in [6.45, 7) is 2.23. The molecule has 1 aliphatic rings. The summed E-state index contributed by atoms with van der Waals surface area (Å²) < 4.78 is 32.8. The Balaban J connectivity index is 1.55. The number of rotatable bonds is 5. The van der Waals surface area contributed by atoms with Crippen LogP contribution in [0.25, 0.3) is 0 Å². The highest BCUT2D eigenvalue weighted by atomic mass is 32.2. The molecule has 0 atom stereocenters. The quantitative estimate of drug-likeness (QED) is 0.620. The van der Waals surface area contributed by atoms with Crippen molar-refractivity contribution in [3.63, 3.8) is 0 Å². The molecule has 1 amide bonds. The minimum absolute atomic E-state index is 0.00104. The Hall–Kier alpha value is -3.00. The van der Waals surface area contributed by atoms with E-state index in [2.05, 4.69) is 29.2 Å². The van der Waals surface area contributed by atoms with Gasteiger partial charge in [0.25, 0.3) is 16.0 Å². The van der Waals surface area contributed by atoms with Crippen LogP contribution >= 0.6 is 0 Å². The molecular formula is C24H24N2O4S. The Morgan fingerprint density at radius 3 is 1.74 bits per heavy atom. The number of benzene rings is 3. The molecule has 31 heavy (non-hydrogen) atoms. The van der Waals surface area contributed by atoms with Crippen LogP contribution in [0.3, 0.4) is 0 Å². The topological polar surface area (TPSA) is 77.9 Å². The zero-order chi connectivity index (χ0) is 21.8. The molecular weight excluding hydrogens is 412 g/mol. The minimum Gasteiger partial charge on any atom is -0.336 e. The molecule has 0 aromatic heterocycles. The van der Waals surface area contributed by atoms with Gasteiger partial charge in [0.05, 0.1) is 11.6 Å². The average Bonchev–Trinajstić information content (AvgIpc) is 2.80. The summed E-state index contributed by atoms with van der Waals surface area (Å²) in [4.78, 5) is 16.6. The van der Waals surface area contributed by atoms with E-state index in [9.17, 15) is 17.8 Å². The summed E-state index contributed by atoms with van der Waals surface area (Å²) in [7, 11) is -4.47. The van der Waals surface area contributed by atoms with Gasteiger partial charge in [-0.1, -0.05) is 72.8 Å². The van der Waals surface area contributed by atoms with E-state index < -0.39 is 10.1 Å². The van der Waals surface area contributed by atoms with Gasteiger partial charge in [0.1, 0.15) is 4.90 Å². The summed E-state index contributed by atoms with van der Waals surface area (Å²) in [5.74, 6) is -0.385. The number of hydrogen-bond donors (Lipinski definition) is 1. The Morgan fingerprint density at radius 2 is 1.23 bits per heavy atom. The van der Waals surface area contributed by atoms with Crippen LogP contribution in [0, 0.1) is 0 Å². The third-order valence-electron chi connectivity index (χ3n) is 5.59. The van der Waals surface area contributed by atoms with Gasteiger partial charge in [-0.05, 0) is 23.3 Å². The van der Waals surface area contributed by atoms with E-state index in [1.165, 1.54) is 29.3 Å². The zero-order valence-electron chi connectivity index (χ0n) is 17.0. The van der Waals surface area contributed by atoms with Crippen LogP contribution in [0.2, 0.25) is 0 Å². The highest BCUT2D eigenvalue weighted by Crippen LogP contribution is 2.30. The molecule has 0 bridgehead atoms. The third kappa shape index (κ3) is 4.69. The molecule has 1 fully saturated rings. The summed E-state index contributed by atoms with van der Waals surface area (Å²) in [5.41, 5.74) is 2.37. The summed E-state index contributed by atoms with van der Waals surface area (Å²) in [5, 5.41) is 0. The second kappa shape index (κ2) is 9.01. The van der Waals surface area contributed by atoms with Crippen LogP contribution in [0.5, 0.6) is 0 Å². The third-order valence-corrected chi connectivity index (χ3v) is 6.50. The lowest BCUT2D eigenvalue weighted by Gasteiger charge is -2.40. The number of carbonyl (C=O) groups is 1. The smallest absolute Gasteiger partial charge is 0.295 e. The van der Waals surface area contributed by atoms with Gasteiger partial charge in [-0.15, -0.1) is 0 Å². The molecule has 1 aliphatic heterocycles. The van der Waals surface area contributed by atoms with Crippen LogP contribution in [-0.2, 0) is 10.1 Å². The second-order valence-corrected chi connectivity index (χ2v) is 8.91. The van der Waals surface area contributed by atoms with E-state index in [-0.39, 0.29) is 22.4 Å². The Labute approximate surface area is 182 Å². The van der Waals surface area contributed by atoms with Crippen molar-refractivity contribution < 1.29 is 17.8 Å². The van der Waals surface area contributed by atoms with Gasteiger partial charge < -0.3 is 4.90 Å². The lowest BCUT2D eigenvalue weighted by atomic mass is 9.96. The van der Waals surface area contributed by atoms with Gasteiger partial charge in [-0.3, -0.25) is 14.2 Å². The van der Waals surface area contributed by atoms with Crippen LogP contribution in [-0.4, -0.2) is 54.9 Å². The molecule has 4 rings (SSSR count). The van der Waals surface area contributed by atoms with Gasteiger partial charge in [0.15, 0.2) is 0 Å². The molecule has 160 valence electrons. The van der Waals surface area contributed by atoms with Gasteiger partial charge in [-0.2, -0.15) is 8.42 Å². The number of piperazine rings is 1. The van der Waals surface area contributed by atoms with Gasteiger partial charge >= 0.3 is 0 Å². The first-order chi connectivity index (χ1) is 14.9. The predicted molar refractivity (Wildman–Crippen MR) is 118 cm³/mol. The van der Waals surface area contributed by atoms with Crippen LogP contribution in [0.4, 0.5) is 0 Å². The van der Waals surface area contributed by atoms with Crippen molar-refractivity contribution in [3.05, 3.63) is 102 Å². The van der Waals surface area contributed by atoms with E-state index in [1.54, 1.807) is 11.0 Å². The Kier molecular flexibility index (Phi) is 6.18. The Morgan fingerprint density at radius 1 is 0.742 bits per heavy atom. The summed E-state index contributed by atoms with van der Waals surface area (Å²) in [6, 6.07) is 26.4. The van der Waals surface area contributed by atoms with E-state index in [0.717, 1.165) is 0 Å². The van der Waals surface area contributed by atoms with Crippen LogP contribution in [0.1, 0.15) is 27.5 Å². The van der Waals surface area contributed by atoms with Gasteiger partial charge in [-0.25, -0.2) is 0 Å². The fourth-order valence-electron chi connectivity index (χ4n) is 4.11. The number of hydrogen-bond acceptors (Lipinski definition) is 4. The zero-order valence-corrected chi connectivity index (χ0v) is 17.8. The fourth-order valence-corrected chi connectivity index (χ4v) is 4.79. The van der Waals surface area contributed by atoms with Crippen molar-refractivity contribution in [1.29, 1.82) is 0 Å². The highest BCUT2D eigenvalue weighted by molar-refractivity contribution is 7.86. The molecule has 0 aliphatic carbocycles. The maximum absolute atomic E-state index is 13.0. The van der Waals surface area contributed by atoms with E-state index >= 15 is 0 Å². The molecule has 1 saturated heterocycles. The first kappa shape index (κ1) is 21.2. The molecule has 1 N–H and O–H groups in total. The molecule has 1 heterocycles. The highest BCUT2D eigenvalue weighted by Gasteiger charge is 2.30. The van der Waals surface area contributed by atoms with Crippen LogP contribution in [0.15, 0.2) is 89.8 Å². The molecule has 3 aromatic rings. The molecule has 3 aromatic carbocycles. The SMILES string of the molecule is O=C(c1ccccc1S(=O)(=O)O)N1CCN(C(c2ccccc2)c2ccccc2)CC1. The monoisotopic (exact) mass is 436 g/mol. The van der Waals surface area contributed by atoms with Crippen LogP contribution < -0.4 is 0 Å². The first-order valence-corrected chi connectivity index (χ1v) is 11.6. The van der Waals surface area contributed by atoms with Crippen molar-refractivity contribution in [3.8, 4) is 0 Å². The van der Waals surface area contributed by atoms with Gasteiger partial charge in [0.2, 0.25) is 0 Å². The molecule has 0 radical (unpaired) electrons. The number of nitrogens with zero attached hydrogens (tertiary/aromatic N) is 2. The van der Waals surface area contributed by atoms with Crippen molar-refractivity contribution >= 4 is 16.0 Å². The largest absolute Gasteiger partial charge is 0.336 e. The first-order valence-electron chi connectivity index (χ1n) is 10.1. The molecule has 6 nitrogen and oxygen atoms in total. The van der Waals surface area contributed by atoms with Gasteiger partial charge in [0, 0.05) is 26.2 Å². The normalized spacial score (nSPS) is 15.2. The van der Waals surface area contributed by atoms with Crippen molar-refractivity contribution in [2.75, 3.05) is 26.2 Å². The Bertz CT molecular complexity index is 1100. The number of amides is 1. The predicted octanol–water partition coefficient (Wildman–Crippen LogP) is 3.48. The minimum atomic E-state index is -4.47.